The lowest BCUT2D eigenvalue weighted by Crippen LogP contribution is -2.32. The lowest BCUT2D eigenvalue weighted by atomic mass is 10.3. The lowest BCUT2D eigenvalue weighted by molar-refractivity contribution is -0.129. The smallest absolute Gasteiger partial charge is 0.229 e. The van der Waals surface area contributed by atoms with E-state index in [0.717, 1.165) is 0 Å². The van der Waals surface area contributed by atoms with E-state index in [-0.39, 0.29) is 29.5 Å². The summed E-state index contributed by atoms with van der Waals surface area (Å²) in [5, 5.41) is 0. The fourth-order valence-electron chi connectivity index (χ4n) is 1.66. The highest BCUT2D eigenvalue weighted by atomic mass is 32.1. The van der Waals surface area contributed by atoms with Crippen LogP contribution in [0.4, 0.5) is 0 Å². The lowest BCUT2D eigenvalue weighted by Gasteiger charge is -2.14. The van der Waals surface area contributed by atoms with Gasteiger partial charge in [-0.15, -0.1) is 0 Å². The zero-order chi connectivity index (χ0) is 11.4. The minimum absolute atomic E-state index is 0.0645. The Labute approximate surface area is 94.5 Å². The zero-order valence-corrected chi connectivity index (χ0v) is 9.75. The highest BCUT2D eigenvalue weighted by molar-refractivity contribution is 7.80. The number of nitrogens with two attached hydrogens (primary N) is 1. The molecule has 0 aromatic carbocycles. The standard InChI is InChI=1S/C9H16N2O3S/c1-13-6-4-11(5-7(6)14-2)9(12)3-8(10)15/h6-7H,3-5H2,1-2H3,(H2,10,15). The third-order valence-corrected chi connectivity index (χ3v) is 2.64. The molecule has 0 aliphatic carbocycles. The molecule has 1 rings (SSSR count). The molecule has 86 valence electrons. The van der Waals surface area contributed by atoms with Crippen LogP contribution >= 0.6 is 12.2 Å². The fourth-order valence-corrected chi connectivity index (χ4v) is 1.78. The Morgan fingerprint density at radius 3 is 2.20 bits per heavy atom. The second kappa shape index (κ2) is 5.39. The van der Waals surface area contributed by atoms with Crippen LogP contribution in [0.25, 0.3) is 0 Å². The SMILES string of the molecule is COC1CN(C(=O)CC(N)=S)CC1OC. The third-order valence-electron chi connectivity index (χ3n) is 2.50. The normalized spacial score (nSPS) is 25.6. The van der Waals surface area contributed by atoms with Crippen molar-refractivity contribution in [1.82, 2.24) is 4.90 Å². The number of carbonyl (C=O) groups excluding carboxylic acids is 1. The van der Waals surface area contributed by atoms with Gasteiger partial charge in [0.05, 0.1) is 11.4 Å². The summed E-state index contributed by atoms with van der Waals surface area (Å²) >= 11 is 4.69. The Hall–Kier alpha value is -0.720. The number of amides is 1. The predicted molar refractivity (Wildman–Crippen MR) is 59.6 cm³/mol. The van der Waals surface area contributed by atoms with E-state index in [9.17, 15) is 4.79 Å². The van der Waals surface area contributed by atoms with Crippen LogP contribution in [0, 0.1) is 0 Å². The van der Waals surface area contributed by atoms with E-state index in [4.69, 9.17) is 27.4 Å². The number of rotatable bonds is 4. The number of hydrogen-bond acceptors (Lipinski definition) is 4. The molecule has 0 aromatic heterocycles. The van der Waals surface area contributed by atoms with Gasteiger partial charge in [0.15, 0.2) is 0 Å². The van der Waals surface area contributed by atoms with Crippen LogP contribution < -0.4 is 5.73 Å². The van der Waals surface area contributed by atoms with Crippen LogP contribution in [0.5, 0.6) is 0 Å². The Morgan fingerprint density at radius 2 is 1.87 bits per heavy atom. The Bertz CT molecular complexity index is 248. The molecular formula is C9H16N2O3S. The van der Waals surface area contributed by atoms with E-state index in [1.54, 1.807) is 19.1 Å². The maximum absolute atomic E-state index is 11.6. The molecule has 0 radical (unpaired) electrons. The van der Waals surface area contributed by atoms with Gasteiger partial charge in [0, 0.05) is 27.3 Å². The van der Waals surface area contributed by atoms with E-state index < -0.39 is 0 Å². The molecule has 1 saturated heterocycles. The van der Waals surface area contributed by atoms with Crippen molar-refractivity contribution in [2.45, 2.75) is 18.6 Å². The summed E-state index contributed by atoms with van der Waals surface area (Å²) < 4.78 is 10.4. The van der Waals surface area contributed by atoms with Gasteiger partial charge in [0.2, 0.25) is 5.91 Å². The van der Waals surface area contributed by atoms with Crippen molar-refractivity contribution in [2.75, 3.05) is 27.3 Å². The summed E-state index contributed by atoms with van der Waals surface area (Å²) in [5.74, 6) is -0.0656. The van der Waals surface area contributed by atoms with Crippen molar-refractivity contribution in [3.8, 4) is 0 Å². The summed E-state index contributed by atoms with van der Waals surface area (Å²) in [7, 11) is 3.22. The number of carbonyl (C=O) groups is 1. The minimum Gasteiger partial charge on any atom is -0.393 e. The Balaban J connectivity index is 2.52. The summed E-state index contributed by atoms with van der Waals surface area (Å²) in [6, 6.07) is 0. The van der Waals surface area contributed by atoms with Crippen LogP contribution in [-0.4, -0.2) is 55.3 Å². The first-order chi connectivity index (χ1) is 7.08. The highest BCUT2D eigenvalue weighted by Crippen LogP contribution is 2.16. The molecule has 1 heterocycles. The van der Waals surface area contributed by atoms with E-state index in [0.29, 0.717) is 13.1 Å². The van der Waals surface area contributed by atoms with Crippen molar-refractivity contribution in [3.05, 3.63) is 0 Å². The molecule has 6 heteroatoms. The van der Waals surface area contributed by atoms with Crippen LogP contribution in [0.15, 0.2) is 0 Å². The molecule has 1 aliphatic heterocycles. The molecule has 0 saturated carbocycles. The summed E-state index contributed by atoms with van der Waals surface area (Å²) in [6.07, 6.45) is -0.0158. The van der Waals surface area contributed by atoms with E-state index in [2.05, 4.69) is 0 Å². The molecule has 0 bridgehead atoms. The molecule has 15 heavy (non-hydrogen) atoms. The molecule has 5 nitrogen and oxygen atoms in total. The average molecular weight is 232 g/mol. The first kappa shape index (κ1) is 12.4. The first-order valence-corrected chi connectivity index (χ1v) is 5.11. The van der Waals surface area contributed by atoms with Gasteiger partial charge >= 0.3 is 0 Å². The summed E-state index contributed by atoms with van der Waals surface area (Å²) in [4.78, 5) is 13.5. The van der Waals surface area contributed by atoms with Gasteiger partial charge in [-0.2, -0.15) is 0 Å². The minimum atomic E-state index is -0.0656. The second-order valence-corrected chi connectivity index (χ2v) is 4.01. The molecule has 1 amide bonds. The quantitative estimate of drug-likeness (QED) is 0.664. The molecule has 0 aromatic rings. The Kier molecular flexibility index (Phi) is 4.44. The predicted octanol–water partition coefficient (Wildman–Crippen LogP) is -0.465. The molecule has 1 aliphatic rings. The van der Waals surface area contributed by atoms with Crippen molar-refractivity contribution >= 4 is 23.1 Å². The second-order valence-electron chi connectivity index (χ2n) is 3.49. The van der Waals surface area contributed by atoms with Gasteiger partial charge in [0.1, 0.15) is 12.2 Å². The molecule has 2 N–H and O–H groups in total. The molecule has 0 spiro atoms. The zero-order valence-electron chi connectivity index (χ0n) is 8.93. The van der Waals surface area contributed by atoms with Gasteiger partial charge in [-0.25, -0.2) is 0 Å². The van der Waals surface area contributed by atoms with Gasteiger partial charge in [-0.1, -0.05) is 12.2 Å². The topological polar surface area (TPSA) is 64.8 Å². The maximum Gasteiger partial charge on any atom is 0.229 e. The summed E-state index contributed by atoms with van der Waals surface area (Å²) in [5.41, 5.74) is 5.32. The third kappa shape index (κ3) is 3.12. The highest BCUT2D eigenvalue weighted by Gasteiger charge is 2.35. The number of nitrogens with zero attached hydrogens (tertiary/aromatic N) is 1. The average Bonchev–Trinajstić information content (AvgIpc) is 2.59. The van der Waals surface area contributed by atoms with Crippen LogP contribution in [0.2, 0.25) is 0 Å². The maximum atomic E-state index is 11.6. The number of thiocarbonyl (C=S) groups is 1. The molecule has 1 fully saturated rings. The van der Waals surface area contributed by atoms with Gasteiger partial charge in [0.25, 0.3) is 0 Å². The van der Waals surface area contributed by atoms with Crippen LogP contribution in [0.3, 0.4) is 0 Å². The summed E-state index contributed by atoms with van der Waals surface area (Å²) in [6.45, 7) is 1.08. The monoisotopic (exact) mass is 232 g/mol. The fraction of sp³-hybridized carbons (Fsp3) is 0.778. The van der Waals surface area contributed by atoms with Crippen molar-refractivity contribution in [3.63, 3.8) is 0 Å². The van der Waals surface area contributed by atoms with Crippen LogP contribution in [-0.2, 0) is 14.3 Å². The number of hydrogen-bond donors (Lipinski definition) is 1. The van der Waals surface area contributed by atoms with Gasteiger partial charge < -0.3 is 20.1 Å². The number of methoxy groups -OCH3 is 2. The number of likely N-dealkylation sites (tertiary alicyclic amines) is 1. The van der Waals surface area contributed by atoms with Gasteiger partial charge in [-0.3, -0.25) is 4.79 Å². The number of ether oxygens (including phenoxy) is 2. The van der Waals surface area contributed by atoms with Gasteiger partial charge in [-0.05, 0) is 0 Å². The van der Waals surface area contributed by atoms with E-state index in [1.165, 1.54) is 0 Å². The first-order valence-electron chi connectivity index (χ1n) is 4.70. The van der Waals surface area contributed by atoms with Crippen molar-refractivity contribution < 1.29 is 14.3 Å². The largest absolute Gasteiger partial charge is 0.393 e. The Morgan fingerprint density at radius 1 is 1.40 bits per heavy atom. The molecular weight excluding hydrogens is 216 g/mol. The molecule has 2 atom stereocenters. The van der Waals surface area contributed by atoms with E-state index in [1.807, 2.05) is 0 Å². The van der Waals surface area contributed by atoms with E-state index >= 15 is 0 Å². The van der Waals surface area contributed by atoms with Crippen LogP contribution in [0.1, 0.15) is 6.42 Å². The van der Waals surface area contributed by atoms with Crippen molar-refractivity contribution in [1.29, 1.82) is 0 Å². The molecule has 2 unspecified atom stereocenters. The van der Waals surface area contributed by atoms with Crippen molar-refractivity contribution in [2.24, 2.45) is 5.73 Å².